The number of methoxy groups -OCH3 is 1. The van der Waals surface area contributed by atoms with Gasteiger partial charge in [-0.05, 0) is 43.0 Å². The Kier molecular flexibility index (Phi) is 5.29. The van der Waals surface area contributed by atoms with Crippen LogP contribution < -0.4 is 5.73 Å². The molecule has 0 bridgehead atoms. The van der Waals surface area contributed by atoms with Gasteiger partial charge in [-0.2, -0.15) is 0 Å². The number of benzene rings is 1. The lowest BCUT2D eigenvalue weighted by atomic mass is 10.1. The summed E-state index contributed by atoms with van der Waals surface area (Å²) in [5.74, 6) is -0.137. The lowest BCUT2D eigenvalue weighted by Gasteiger charge is -2.05. The Hall–Kier alpha value is -0.930. The Morgan fingerprint density at radius 1 is 1.33 bits per heavy atom. The van der Waals surface area contributed by atoms with Crippen molar-refractivity contribution in [1.82, 2.24) is 0 Å². The summed E-state index contributed by atoms with van der Waals surface area (Å²) in [6.45, 7) is 1.13. The maximum absolute atomic E-state index is 13.5. The van der Waals surface area contributed by atoms with Crippen LogP contribution in [-0.4, -0.2) is 13.7 Å². The largest absolute Gasteiger partial charge is 0.380 e. The molecule has 1 aromatic carbocycles. The molecule has 0 aliphatic carbocycles. The molecule has 0 saturated heterocycles. The van der Waals surface area contributed by atoms with Gasteiger partial charge in [0.25, 0.3) is 0 Å². The van der Waals surface area contributed by atoms with Crippen LogP contribution in [0.25, 0.3) is 0 Å². The second-order valence-corrected chi connectivity index (χ2v) is 3.60. The van der Waals surface area contributed by atoms with E-state index in [4.69, 9.17) is 10.5 Å². The van der Waals surface area contributed by atoms with E-state index in [0.717, 1.165) is 30.4 Å². The van der Waals surface area contributed by atoms with E-state index >= 15 is 0 Å². The van der Waals surface area contributed by atoms with Crippen LogP contribution in [0, 0.1) is 5.82 Å². The van der Waals surface area contributed by atoms with E-state index in [9.17, 15) is 4.39 Å². The third kappa shape index (κ3) is 3.98. The standard InChI is InChI=1S/C12H18FNO/c1-15-9-10-5-6-11(12(13)8-10)4-2-3-7-14/h5-6,8H,2-4,7,9,14H2,1H3. The first-order chi connectivity index (χ1) is 7.27. The summed E-state index contributed by atoms with van der Waals surface area (Å²) in [7, 11) is 1.60. The molecular formula is C12H18FNO. The summed E-state index contributed by atoms with van der Waals surface area (Å²) < 4.78 is 18.5. The molecule has 1 aromatic rings. The maximum Gasteiger partial charge on any atom is 0.126 e. The van der Waals surface area contributed by atoms with Crippen LogP contribution in [0.4, 0.5) is 4.39 Å². The van der Waals surface area contributed by atoms with E-state index < -0.39 is 0 Å². The lowest BCUT2D eigenvalue weighted by Crippen LogP contribution is -2.00. The Bertz CT molecular complexity index is 302. The molecule has 0 aliphatic heterocycles. The van der Waals surface area contributed by atoms with Crippen LogP contribution >= 0.6 is 0 Å². The van der Waals surface area contributed by atoms with E-state index in [2.05, 4.69) is 0 Å². The monoisotopic (exact) mass is 211 g/mol. The van der Waals surface area contributed by atoms with Crippen molar-refractivity contribution in [3.63, 3.8) is 0 Å². The minimum absolute atomic E-state index is 0.137. The van der Waals surface area contributed by atoms with Gasteiger partial charge in [0, 0.05) is 7.11 Å². The van der Waals surface area contributed by atoms with Crippen molar-refractivity contribution in [2.24, 2.45) is 5.73 Å². The zero-order valence-electron chi connectivity index (χ0n) is 9.13. The van der Waals surface area contributed by atoms with Crippen molar-refractivity contribution >= 4 is 0 Å². The summed E-state index contributed by atoms with van der Waals surface area (Å²) in [6.07, 6.45) is 2.65. The van der Waals surface area contributed by atoms with Crippen LogP contribution in [0.1, 0.15) is 24.0 Å². The highest BCUT2D eigenvalue weighted by molar-refractivity contribution is 5.24. The van der Waals surface area contributed by atoms with Crippen molar-refractivity contribution < 1.29 is 9.13 Å². The van der Waals surface area contributed by atoms with Gasteiger partial charge < -0.3 is 10.5 Å². The molecule has 0 unspecified atom stereocenters. The summed E-state index contributed by atoms with van der Waals surface area (Å²) in [4.78, 5) is 0. The molecule has 2 nitrogen and oxygen atoms in total. The smallest absolute Gasteiger partial charge is 0.126 e. The first-order valence-corrected chi connectivity index (χ1v) is 5.24. The predicted octanol–water partition coefficient (Wildman–Crippen LogP) is 2.25. The Balaban J connectivity index is 2.58. The number of unbranched alkanes of at least 4 members (excludes halogenated alkanes) is 1. The second kappa shape index (κ2) is 6.53. The van der Waals surface area contributed by atoms with E-state index in [0.29, 0.717) is 13.2 Å². The molecule has 3 heteroatoms. The van der Waals surface area contributed by atoms with Gasteiger partial charge in [0.05, 0.1) is 6.61 Å². The quantitative estimate of drug-likeness (QED) is 0.732. The topological polar surface area (TPSA) is 35.2 Å². The predicted molar refractivity (Wildman–Crippen MR) is 59.1 cm³/mol. The van der Waals surface area contributed by atoms with Crippen LogP contribution in [0.15, 0.2) is 18.2 Å². The van der Waals surface area contributed by atoms with Crippen LogP contribution in [0.5, 0.6) is 0 Å². The van der Waals surface area contributed by atoms with E-state index in [-0.39, 0.29) is 5.82 Å². The third-order valence-electron chi connectivity index (χ3n) is 2.33. The summed E-state index contributed by atoms with van der Waals surface area (Å²) >= 11 is 0. The van der Waals surface area contributed by atoms with Crippen molar-refractivity contribution in [3.8, 4) is 0 Å². The van der Waals surface area contributed by atoms with Gasteiger partial charge in [-0.1, -0.05) is 12.1 Å². The van der Waals surface area contributed by atoms with Gasteiger partial charge in [-0.15, -0.1) is 0 Å². The van der Waals surface area contributed by atoms with Gasteiger partial charge in [-0.3, -0.25) is 0 Å². The molecule has 84 valence electrons. The number of aryl methyl sites for hydroxylation is 1. The number of halogens is 1. The number of rotatable bonds is 6. The molecule has 0 amide bonds. The van der Waals surface area contributed by atoms with Crippen molar-refractivity contribution in [2.75, 3.05) is 13.7 Å². The highest BCUT2D eigenvalue weighted by Gasteiger charge is 2.03. The molecule has 0 aromatic heterocycles. The van der Waals surface area contributed by atoms with Crippen molar-refractivity contribution in [1.29, 1.82) is 0 Å². The Morgan fingerprint density at radius 2 is 2.13 bits per heavy atom. The average molecular weight is 211 g/mol. The van der Waals surface area contributed by atoms with Gasteiger partial charge in [-0.25, -0.2) is 4.39 Å². The SMILES string of the molecule is COCc1ccc(CCCCN)c(F)c1. The highest BCUT2D eigenvalue weighted by atomic mass is 19.1. The zero-order valence-corrected chi connectivity index (χ0v) is 9.13. The summed E-state index contributed by atoms with van der Waals surface area (Å²) in [5, 5.41) is 0. The van der Waals surface area contributed by atoms with Gasteiger partial charge in [0.15, 0.2) is 0 Å². The lowest BCUT2D eigenvalue weighted by molar-refractivity contribution is 0.184. The Labute approximate surface area is 90.2 Å². The number of hydrogen-bond acceptors (Lipinski definition) is 2. The van der Waals surface area contributed by atoms with Crippen LogP contribution in [0.3, 0.4) is 0 Å². The molecule has 0 spiro atoms. The minimum atomic E-state index is -0.137. The van der Waals surface area contributed by atoms with Crippen molar-refractivity contribution in [3.05, 3.63) is 35.1 Å². The maximum atomic E-state index is 13.5. The third-order valence-corrected chi connectivity index (χ3v) is 2.33. The van der Waals surface area contributed by atoms with E-state index in [1.807, 2.05) is 12.1 Å². The highest BCUT2D eigenvalue weighted by Crippen LogP contribution is 2.13. The number of nitrogens with two attached hydrogens (primary N) is 1. The molecular weight excluding hydrogens is 193 g/mol. The molecule has 15 heavy (non-hydrogen) atoms. The molecule has 0 atom stereocenters. The van der Waals surface area contributed by atoms with Crippen LogP contribution in [0.2, 0.25) is 0 Å². The second-order valence-electron chi connectivity index (χ2n) is 3.60. The molecule has 1 rings (SSSR count). The molecule has 0 fully saturated rings. The molecule has 0 radical (unpaired) electrons. The molecule has 0 heterocycles. The van der Waals surface area contributed by atoms with E-state index in [1.165, 1.54) is 0 Å². The molecule has 0 saturated carbocycles. The zero-order chi connectivity index (χ0) is 11.1. The van der Waals surface area contributed by atoms with Gasteiger partial charge in [0.2, 0.25) is 0 Å². The van der Waals surface area contributed by atoms with E-state index in [1.54, 1.807) is 13.2 Å². The molecule has 2 N–H and O–H groups in total. The van der Waals surface area contributed by atoms with Crippen molar-refractivity contribution in [2.45, 2.75) is 25.9 Å². The molecule has 0 aliphatic rings. The first kappa shape index (κ1) is 12.1. The summed E-state index contributed by atoms with van der Waals surface area (Å²) in [5.41, 5.74) is 7.02. The first-order valence-electron chi connectivity index (χ1n) is 5.24. The Morgan fingerprint density at radius 3 is 2.73 bits per heavy atom. The summed E-state index contributed by atoms with van der Waals surface area (Å²) in [6, 6.07) is 5.28. The fourth-order valence-corrected chi connectivity index (χ4v) is 1.51. The average Bonchev–Trinajstić information content (AvgIpc) is 2.22. The fraction of sp³-hybridized carbons (Fsp3) is 0.500. The normalized spacial score (nSPS) is 10.6. The van der Waals surface area contributed by atoms with Gasteiger partial charge in [0.1, 0.15) is 5.82 Å². The number of hydrogen-bond donors (Lipinski definition) is 1. The van der Waals surface area contributed by atoms with Gasteiger partial charge >= 0.3 is 0 Å². The number of ether oxygens (including phenoxy) is 1. The minimum Gasteiger partial charge on any atom is -0.380 e. The fourth-order valence-electron chi connectivity index (χ4n) is 1.51. The van der Waals surface area contributed by atoms with Crippen LogP contribution in [-0.2, 0) is 17.8 Å².